The lowest BCUT2D eigenvalue weighted by molar-refractivity contribution is -0.135. The van der Waals surface area contributed by atoms with Gasteiger partial charge in [-0.15, -0.1) is 0 Å². The van der Waals surface area contributed by atoms with Gasteiger partial charge in [0, 0.05) is 25.1 Å². The molecule has 2 bridgehead atoms. The first kappa shape index (κ1) is 14.9. The van der Waals surface area contributed by atoms with Crippen molar-refractivity contribution in [2.75, 3.05) is 21.3 Å². The number of fused-ring (bicyclic) bond motifs is 2. The molecule has 3 rings (SSSR count). The number of amides is 1. The number of ether oxygens (including phenoxy) is 2. The van der Waals surface area contributed by atoms with Crippen LogP contribution in [0, 0.1) is 17.8 Å². The van der Waals surface area contributed by atoms with Gasteiger partial charge in [-0.2, -0.15) is 0 Å². The first-order valence-electron chi connectivity index (χ1n) is 7.77. The standard InChI is InChI=1S/C18H23NO3/c1-19(18(20)15-10-12-7-8-13(15)9-12)11-14-5-4-6-16(21-2)17(14)22-3/h4-8,12-13,15H,9-11H2,1-3H3/t12-,13+,15-/m1/s1. The van der Waals surface area contributed by atoms with Crippen molar-refractivity contribution in [3.63, 3.8) is 0 Å². The molecule has 2 aliphatic rings. The van der Waals surface area contributed by atoms with Gasteiger partial charge in [0.15, 0.2) is 11.5 Å². The van der Waals surface area contributed by atoms with Gasteiger partial charge in [-0.25, -0.2) is 0 Å². The number of para-hydroxylation sites is 1. The van der Waals surface area contributed by atoms with Crippen molar-refractivity contribution in [2.24, 2.45) is 17.8 Å². The molecule has 1 fully saturated rings. The lowest BCUT2D eigenvalue weighted by atomic mass is 9.92. The van der Waals surface area contributed by atoms with Crippen LogP contribution in [0.5, 0.6) is 11.5 Å². The number of methoxy groups -OCH3 is 2. The van der Waals surface area contributed by atoms with E-state index >= 15 is 0 Å². The molecule has 2 aliphatic carbocycles. The van der Waals surface area contributed by atoms with Gasteiger partial charge < -0.3 is 14.4 Å². The lowest BCUT2D eigenvalue weighted by Crippen LogP contribution is -2.34. The second-order valence-corrected chi connectivity index (χ2v) is 6.23. The molecule has 4 heteroatoms. The fourth-order valence-corrected chi connectivity index (χ4v) is 3.76. The monoisotopic (exact) mass is 301 g/mol. The number of hydrogen-bond donors (Lipinski definition) is 0. The van der Waals surface area contributed by atoms with E-state index in [1.165, 1.54) is 0 Å². The molecule has 1 aromatic rings. The second kappa shape index (κ2) is 6.03. The van der Waals surface area contributed by atoms with Crippen LogP contribution in [0.15, 0.2) is 30.4 Å². The third-order valence-corrected chi connectivity index (χ3v) is 4.86. The predicted octanol–water partition coefficient (Wildman–Crippen LogP) is 2.87. The number of hydrogen-bond acceptors (Lipinski definition) is 3. The van der Waals surface area contributed by atoms with Crippen LogP contribution in [0.2, 0.25) is 0 Å². The highest BCUT2D eigenvalue weighted by molar-refractivity contribution is 5.80. The molecule has 1 amide bonds. The molecule has 0 N–H and O–H groups in total. The molecular weight excluding hydrogens is 278 g/mol. The molecule has 22 heavy (non-hydrogen) atoms. The molecule has 0 spiro atoms. The maximum Gasteiger partial charge on any atom is 0.226 e. The smallest absolute Gasteiger partial charge is 0.226 e. The molecular formula is C18H23NO3. The summed E-state index contributed by atoms with van der Waals surface area (Å²) in [6.07, 6.45) is 6.63. The summed E-state index contributed by atoms with van der Waals surface area (Å²) in [5.41, 5.74) is 0.969. The topological polar surface area (TPSA) is 38.8 Å². The van der Waals surface area contributed by atoms with Crippen LogP contribution in [0.25, 0.3) is 0 Å². The molecule has 0 aromatic heterocycles. The second-order valence-electron chi connectivity index (χ2n) is 6.23. The van der Waals surface area contributed by atoms with Crippen LogP contribution in [-0.2, 0) is 11.3 Å². The van der Waals surface area contributed by atoms with Gasteiger partial charge in [0.2, 0.25) is 5.91 Å². The fourth-order valence-electron chi connectivity index (χ4n) is 3.76. The minimum atomic E-state index is 0.150. The Morgan fingerprint density at radius 2 is 2.05 bits per heavy atom. The average Bonchev–Trinajstić information content (AvgIpc) is 3.16. The maximum absolute atomic E-state index is 12.7. The number of benzene rings is 1. The van der Waals surface area contributed by atoms with Crippen molar-refractivity contribution >= 4 is 5.91 Å². The van der Waals surface area contributed by atoms with Gasteiger partial charge in [0.25, 0.3) is 0 Å². The molecule has 3 atom stereocenters. The average molecular weight is 301 g/mol. The third-order valence-electron chi connectivity index (χ3n) is 4.86. The largest absolute Gasteiger partial charge is 0.493 e. The fraction of sp³-hybridized carbons (Fsp3) is 0.500. The molecule has 1 saturated carbocycles. The lowest BCUT2D eigenvalue weighted by Gasteiger charge is -2.25. The zero-order chi connectivity index (χ0) is 15.7. The number of nitrogens with zero attached hydrogens (tertiary/aromatic N) is 1. The quantitative estimate of drug-likeness (QED) is 0.785. The molecule has 0 heterocycles. The van der Waals surface area contributed by atoms with Crippen LogP contribution >= 0.6 is 0 Å². The molecule has 1 aromatic carbocycles. The Morgan fingerprint density at radius 1 is 1.23 bits per heavy atom. The highest BCUT2D eigenvalue weighted by Gasteiger charge is 2.40. The van der Waals surface area contributed by atoms with E-state index in [0.717, 1.165) is 18.4 Å². The van der Waals surface area contributed by atoms with Crippen molar-refractivity contribution in [1.82, 2.24) is 4.90 Å². The van der Waals surface area contributed by atoms with Crippen molar-refractivity contribution < 1.29 is 14.3 Å². The molecule has 0 unspecified atom stereocenters. The zero-order valence-electron chi connectivity index (χ0n) is 13.4. The first-order valence-corrected chi connectivity index (χ1v) is 7.77. The Labute approximate surface area is 131 Å². The highest BCUT2D eigenvalue weighted by atomic mass is 16.5. The summed E-state index contributed by atoms with van der Waals surface area (Å²) >= 11 is 0. The highest BCUT2D eigenvalue weighted by Crippen LogP contribution is 2.44. The minimum Gasteiger partial charge on any atom is -0.493 e. The summed E-state index contributed by atoms with van der Waals surface area (Å²) < 4.78 is 10.8. The summed E-state index contributed by atoms with van der Waals surface area (Å²) in [5, 5.41) is 0. The van der Waals surface area contributed by atoms with Crippen molar-refractivity contribution in [3.05, 3.63) is 35.9 Å². The van der Waals surface area contributed by atoms with Gasteiger partial charge in [-0.1, -0.05) is 24.3 Å². The van der Waals surface area contributed by atoms with Crippen LogP contribution in [0.3, 0.4) is 0 Å². The predicted molar refractivity (Wildman–Crippen MR) is 84.9 cm³/mol. The van der Waals surface area contributed by atoms with Crippen LogP contribution in [0.1, 0.15) is 18.4 Å². The summed E-state index contributed by atoms with van der Waals surface area (Å²) in [5.74, 6) is 2.84. The minimum absolute atomic E-state index is 0.150. The van der Waals surface area contributed by atoms with Gasteiger partial charge >= 0.3 is 0 Å². The Kier molecular flexibility index (Phi) is 4.10. The zero-order valence-corrected chi connectivity index (χ0v) is 13.4. The summed E-state index contributed by atoms with van der Waals surface area (Å²) in [6.45, 7) is 0.538. The summed E-state index contributed by atoms with van der Waals surface area (Å²) in [7, 11) is 5.12. The van der Waals surface area contributed by atoms with Crippen molar-refractivity contribution in [1.29, 1.82) is 0 Å². The van der Waals surface area contributed by atoms with Crippen molar-refractivity contribution in [3.8, 4) is 11.5 Å². The summed E-state index contributed by atoms with van der Waals surface area (Å²) in [4.78, 5) is 14.5. The van der Waals surface area contributed by atoms with Gasteiger partial charge in [-0.05, 0) is 30.7 Å². The van der Waals surface area contributed by atoms with Gasteiger partial charge in [-0.3, -0.25) is 4.79 Å². The van der Waals surface area contributed by atoms with Crippen molar-refractivity contribution in [2.45, 2.75) is 19.4 Å². The van der Waals surface area contributed by atoms with E-state index in [2.05, 4.69) is 12.2 Å². The van der Waals surface area contributed by atoms with E-state index < -0.39 is 0 Å². The van der Waals surface area contributed by atoms with Gasteiger partial charge in [0.1, 0.15) is 0 Å². The van der Waals surface area contributed by atoms with E-state index in [1.807, 2.05) is 30.1 Å². The van der Waals surface area contributed by atoms with E-state index in [4.69, 9.17) is 9.47 Å². The SMILES string of the molecule is COc1cccc(CN(C)C(=O)[C@@H]2C[C@@H]3C=C[C@H]2C3)c1OC. The molecule has 0 saturated heterocycles. The Hall–Kier alpha value is -1.97. The van der Waals surface area contributed by atoms with Crippen LogP contribution in [0.4, 0.5) is 0 Å². The van der Waals surface area contributed by atoms with Crippen LogP contribution in [-0.4, -0.2) is 32.1 Å². The van der Waals surface area contributed by atoms with E-state index in [0.29, 0.717) is 29.9 Å². The molecule has 4 nitrogen and oxygen atoms in total. The van der Waals surface area contributed by atoms with E-state index in [9.17, 15) is 4.79 Å². The Morgan fingerprint density at radius 3 is 2.64 bits per heavy atom. The number of carbonyl (C=O) groups is 1. The molecule has 0 aliphatic heterocycles. The first-order chi connectivity index (χ1) is 10.6. The number of allylic oxidation sites excluding steroid dienone is 2. The summed E-state index contributed by atoms with van der Waals surface area (Å²) in [6, 6.07) is 5.77. The van der Waals surface area contributed by atoms with Gasteiger partial charge in [0.05, 0.1) is 14.2 Å². The molecule has 0 radical (unpaired) electrons. The Balaban J connectivity index is 1.73. The normalized spacial score (nSPS) is 25.3. The van der Waals surface area contributed by atoms with E-state index in [-0.39, 0.29) is 11.8 Å². The maximum atomic E-state index is 12.7. The van der Waals surface area contributed by atoms with E-state index in [1.54, 1.807) is 14.2 Å². The third kappa shape index (κ3) is 2.58. The van der Waals surface area contributed by atoms with Crippen LogP contribution < -0.4 is 9.47 Å². The Bertz CT molecular complexity index is 596. The number of carbonyl (C=O) groups excluding carboxylic acids is 1. The molecule has 118 valence electrons. The number of rotatable bonds is 5.